The van der Waals surface area contributed by atoms with Crippen LogP contribution in [0.5, 0.6) is 28.7 Å². The van der Waals surface area contributed by atoms with E-state index >= 15 is 0 Å². The molecule has 0 amide bonds. The highest BCUT2D eigenvalue weighted by Crippen LogP contribution is 2.41. The van der Waals surface area contributed by atoms with Gasteiger partial charge in [0.05, 0.1) is 16.7 Å². The maximum atomic E-state index is 13.6. The number of ether oxygens (including phenoxy) is 2. The van der Waals surface area contributed by atoms with Gasteiger partial charge < -0.3 is 14.6 Å². The lowest BCUT2D eigenvalue weighted by atomic mass is 9.78. The number of carbonyl (C=O) groups is 4. The Balaban J connectivity index is 0.812. The molecule has 60 heavy (non-hydrogen) atoms. The first-order valence-electron chi connectivity index (χ1n) is 19.5. The molecule has 2 aromatic heterocycles. The van der Waals surface area contributed by atoms with Gasteiger partial charge in [0.25, 0.3) is 0 Å². The lowest BCUT2D eigenvalue weighted by Gasteiger charge is -2.26. The van der Waals surface area contributed by atoms with Crippen molar-refractivity contribution in [3.8, 4) is 28.7 Å². The smallest absolute Gasteiger partial charge is 0.180 e. The number of nitrogens with zero attached hydrogens (tertiary/aromatic N) is 2. The molecule has 0 fully saturated rings. The number of rotatable bonds is 8. The van der Waals surface area contributed by atoms with Crippen molar-refractivity contribution in [2.75, 3.05) is 0 Å². The number of Topliss-reactive ketones (excluding diaryl/α,β-unsaturated/α-hetero) is 4. The van der Waals surface area contributed by atoms with Crippen LogP contribution in [-0.4, -0.2) is 38.2 Å². The molecule has 2 atom stereocenters. The predicted molar refractivity (Wildman–Crippen MR) is 226 cm³/mol. The third-order valence-electron chi connectivity index (χ3n) is 11.6. The highest BCUT2D eigenvalue weighted by Gasteiger charge is 2.43. The Morgan fingerprint density at radius 2 is 0.933 bits per heavy atom. The van der Waals surface area contributed by atoms with Gasteiger partial charge in [-0.15, -0.1) is 0 Å². The lowest BCUT2D eigenvalue weighted by Crippen LogP contribution is -2.18. The van der Waals surface area contributed by atoms with Gasteiger partial charge in [0.1, 0.15) is 46.3 Å². The molecule has 0 spiro atoms. The minimum atomic E-state index is -1.23. The Bertz CT molecular complexity index is 3120. The van der Waals surface area contributed by atoms with Crippen LogP contribution >= 0.6 is 0 Å². The summed E-state index contributed by atoms with van der Waals surface area (Å²) in [6.45, 7) is 4.23. The summed E-state index contributed by atoms with van der Waals surface area (Å²) in [6, 6.07) is 45.1. The normalized spacial score (nSPS) is 16.0. The quantitative estimate of drug-likeness (QED) is 0.149. The van der Waals surface area contributed by atoms with Gasteiger partial charge in [0, 0.05) is 38.4 Å². The largest absolute Gasteiger partial charge is 0.506 e. The second kappa shape index (κ2) is 14.0. The molecule has 6 aromatic carbocycles. The number of hydrogen-bond acceptors (Lipinski definition) is 9. The van der Waals surface area contributed by atoms with Crippen LogP contribution < -0.4 is 9.47 Å². The molecular formula is C51H34N2O7. The zero-order chi connectivity index (χ0) is 41.3. The highest BCUT2D eigenvalue weighted by molar-refractivity contribution is 6.30. The van der Waals surface area contributed by atoms with Crippen LogP contribution in [0.4, 0.5) is 0 Å². The monoisotopic (exact) mass is 786 g/mol. The number of para-hydroxylation sites is 2. The van der Waals surface area contributed by atoms with Gasteiger partial charge in [-0.2, -0.15) is 0 Å². The van der Waals surface area contributed by atoms with Crippen LogP contribution in [0, 0.1) is 0 Å². The molecular weight excluding hydrogens is 753 g/mol. The molecule has 0 saturated heterocycles. The second-order valence-corrected chi connectivity index (χ2v) is 15.6. The molecule has 0 saturated carbocycles. The number of benzene rings is 6. The summed E-state index contributed by atoms with van der Waals surface area (Å²) < 4.78 is 12.3. The molecule has 9 heteroatoms. The first-order valence-corrected chi connectivity index (χ1v) is 19.5. The van der Waals surface area contributed by atoms with Crippen molar-refractivity contribution in [2.45, 2.75) is 31.1 Å². The summed E-state index contributed by atoms with van der Waals surface area (Å²) in [5.74, 6) is -1.84. The van der Waals surface area contributed by atoms with E-state index in [4.69, 9.17) is 9.47 Å². The van der Waals surface area contributed by atoms with Crippen molar-refractivity contribution in [2.24, 2.45) is 0 Å². The van der Waals surface area contributed by atoms with E-state index in [1.165, 1.54) is 6.07 Å². The van der Waals surface area contributed by atoms with E-state index in [0.717, 1.165) is 22.0 Å². The molecule has 0 bridgehead atoms. The van der Waals surface area contributed by atoms with Crippen LogP contribution in [0.2, 0.25) is 0 Å². The maximum absolute atomic E-state index is 13.6. The van der Waals surface area contributed by atoms with Gasteiger partial charge in [-0.05, 0) is 96.1 Å². The Kier molecular flexibility index (Phi) is 8.50. The van der Waals surface area contributed by atoms with Crippen molar-refractivity contribution in [3.05, 3.63) is 196 Å². The van der Waals surface area contributed by atoms with Gasteiger partial charge in [0.2, 0.25) is 0 Å². The molecule has 1 N–H and O–H groups in total. The topological polar surface area (TPSA) is 133 Å². The van der Waals surface area contributed by atoms with Gasteiger partial charge in [-0.1, -0.05) is 80.6 Å². The third-order valence-corrected chi connectivity index (χ3v) is 11.6. The predicted octanol–water partition coefficient (Wildman–Crippen LogP) is 10.7. The Labute approximate surface area is 343 Å². The van der Waals surface area contributed by atoms with E-state index < -0.39 is 28.8 Å². The van der Waals surface area contributed by atoms with Crippen molar-refractivity contribution in [3.63, 3.8) is 0 Å². The van der Waals surface area contributed by atoms with Gasteiger partial charge in [-0.25, -0.2) is 4.98 Å². The average molecular weight is 787 g/mol. The molecule has 0 aliphatic heterocycles. The van der Waals surface area contributed by atoms with Crippen molar-refractivity contribution in [1.82, 2.24) is 9.97 Å². The second-order valence-electron chi connectivity index (χ2n) is 15.6. The minimum Gasteiger partial charge on any atom is -0.506 e. The zero-order valence-electron chi connectivity index (χ0n) is 32.4. The Morgan fingerprint density at radius 3 is 1.52 bits per heavy atom. The van der Waals surface area contributed by atoms with E-state index in [9.17, 15) is 24.3 Å². The summed E-state index contributed by atoms with van der Waals surface area (Å²) in [5, 5.41) is 12.4. The van der Waals surface area contributed by atoms with Gasteiger partial charge in [-0.3, -0.25) is 24.2 Å². The molecule has 2 unspecified atom stereocenters. The number of ketones is 4. The summed E-state index contributed by atoms with van der Waals surface area (Å²) in [6.07, 6.45) is 0. The van der Waals surface area contributed by atoms with Gasteiger partial charge >= 0.3 is 0 Å². The van der Waals surface area contributed by atoms with Crippen LogP contribution in [0.1, 0.15) is 89.6 Å². The SMILES string of the molecule is CC(C)(c1ccc(Oc2ccc3c(c2)C(=O)C(c2ccc4ccccc4n2)C3=O)cc1)c1ccc(Oc2ccc3c(c2)C(=O)C(c2nc4ccccc4cc2O)C3=O)cc1. The number of carbonyl (C=O) groups excluding carboxylic acids is 4. The first kappa shape index (κ1) is 36.6. The maximum Gasteiger partial charge on any atom is 0.180 e. The van der Waals surface area contributed by atoms with Crippen LogP contribution in [0.25, 0.3) is 21.8 Å². The standard InChI is InChI=1S/C51H34N2O7/c1-51(2,30-12-16-32(17-13-30)59-34-20-22-36-38(26-34)49(57)44(47(36)55)42-24-11-28-7-3-5-9-40(28)52-42)31-14-18-33(19-15-31)60-35-21-23-37-39(27-35)50(58)45(48(37)56)46-43(54)25-29-8-4-6-10-41(29)53-46/h3-27,44-45,54H,1-2H3. The van der Waals surface area contributed by atoms with Crippen molar-refractivity contribution >= 4 is 44.9 Å². The minimum absolute atomic E-state index is 0.0444. The average Bonchev–Trinajstić information content (AvgIpc) is 3.66. The van der Waals surface area contributed by atoms with Crippen LogP contribution in [0.15, 0.2) is 152 Å². The Morgan fingerprint density at radius 1 is 0.467 bits per heavy atom. The van der Waals surface area contributed by atoms with E-state index in [1.807, 2.05) is 91.0 Å². The number of hydrogen-bond donors (Lipinski definition) is 1. The lowest BCUT2D eigenvalue weighted by molar-refractivity contribution is 0.0871. The fourth-order valence-corrected chi connectivity index (χ4v) is 8.28. The van der Waals surface area contributed by atoms with E-state index in [1.54, 1.807) is 54.6 Å². The van der Waals surface area contributed by atoms with Crippen LogP contribution in [-0.2, 0) is 5.41 Å². The number of pyridine rings is 2. The molecule has 9 nitrogen and oxygen atoms in total. The molecule has 2 heterocycles. The zero-order valence-corrected chi connectivity index (χ0v) is 32.4. The number of aromatic nitrogens is 2. The fraction of sp³-hybridized carbons (Fsp3) is 0.0980. The molecule has 2 aliphatic carbocycles. The van der Waals surface area contributed by atoms with Crippen LogP contribution in [0.3, 0.4) is 0 Å². The first-order chi connectivity index (χ1) is 29.0. The fourth-order valence-electron chi connectivity index (χ4n) is 8.28. The highest BCUT2D eigenvalue weighted by atomic mass is 16.5. The van der Waals surface area contributed by atoms with E-state index in [2.05, 4.69) is 23.8 Å². The van der Waals surface area contributed by atoms with Gasteiger partial charge in [0.15, 0.2) is 23.1 Å². The summed E-state index contributed by atoms with van der Waals surface area (Å²) in [4.78, 5) is 63.0. The third kappa shape index (κ3) is 6.10. The summed E-state index contributed by atoms with van der Waals surface area (Å²) >= 11 is 0. The molecule has 290 valence electrons. The van der Waals surface area contributed by atoms with Crippen molar-refractivity contribution < 1.29 is 33.8 Å². The Hall–Kier alpha value is -7.78. The molecule has 8 aromatic rings. The summed E-state index contributed by atoms with van der Waals surface area (Å²) in [5.41, 5.74) is 4.64. The van der Waals surface area contributed by atoms with E-state index in [-0.39, 0.29) is 34.1 Å². The number of fused-ring (bicyclic) bond motifs is 4. The van der Waals surface area contributed by atoms with E-state index in [0.29, 0.717) is 50.7 Å². The van der Waals surface area contributed by atoms with Crippen molar-refractivity contribution in [1.29, 1.82) is 0 Å². The summed E-state index contributed by atoms with van der Waals surface area (Å²) in [7, 11) is 0. The molecule has 0 radical (unpaired) electrons. The number of aromatic hydroxyl groups is 1. The molecule has 2 aliphatic rings. The molecule has 10 rings (SSSR count).